The minimum atomic E-state index is -0.264. The van der Waals surface area contributed by atoms with Crippen molar-refractivity contribution in [1.29, 1.82) is 5.26 Å². The van der Waals surface area contributed by atoms with Crippen LogP contribution in [0.2, 0.25) is 0 Å². The van der Waals surface area contributed by atoms with E-state index in [-0.39, 0.29) is 5.91 Å². The van der Waals surface area contributed by atoms with Crippen LogP contribution >= 0.6 is 0 Å². The highest BCUT2D eigenvalue weighted by atomic mass is 16.3. The average molecular weight is 192 g/mol. The van der Waals surface area contributed by atoms with E-state index in [4.69, 9.17) is 9.68 Å². The standard InChI is InChI=1S/C10H12N2O2/c1-2-8-4-5-9(14-8)10(13)12-7-3-6-11/h4-5H,2-3,7H2,1H3,(H,12,13). The number of nitrogens with one attached hydrogen (secondary N) is 1. The average Bonchev–Trinajstić information content (AvgIpc) is 2.66. The zero-order valence-corrected chi connectivity index (χ0v) is 8.04. The van der Waals surface area contributed by atoms with Gasteiger partial charge >= 0.3 is 0 Å². The van der Waals surface area contributed by atoms with Gasteiger partial charge in [-0.1, -0.05) is 6.92 Å². The second-order valence-electron chi connectivity index (χ2n) is 2.78. The molecule has 0 aliphatic carbocycles. The van der Waals surface area contributed by atoms with E-state index < -0.39 is 0 Å². The molecule has 0 unspecified atom stereocenters. The quantitative estimate of drug-likeness (QED) is 0.735. The molecule has 1 aromatic rings. The van der Waals surface area contributed by atoms with Crippen LogP contribution in [0.1, 0.15) is 29.7 Å². The maximum Gasteiger partial charge on any atom is 0.287 e. The minimum absolute atomic E-state index is 0.264. The Morgan fingerprint density at radius 2 is 2.43 bits per heavy atom. The Bertz CT molecular complexity index is 349. The Labute approximate surface area is 82.5 Å². The van der Waals surface area contributed by atoms with Gasteiger partial charge in [0.2, 0.25) is 0 Å². The van der Waals surface area contributed by atoms with Gasteiger partial charge in [-0.25, -0.2) is 0 Å². The molecule has 1 N–H and O–H groups in total. The number of aryl methyl sites for hydroxylation is 1. The largest absolute Gasteiger partial charge is 0.456 e. The van der Waals surface area contributed by atoms with Crippen LogP contribution in [-0.2, 0) is 6.42 Å². The molecule has 0 aromatic carbocycles. The highest BCUT2D eigenvalue weighted by molar-refractivity contribution is 5.91. The lowest BCUT2D eigenvalue weighted by Crippen LogP contribution is -2.23. The minimum Gasteiger partial charge on any atom is -0.456 e. The number of carbonyl (C=O) groups excluding carboxylic acids is 1. The van der Waals surface area contributed by atoms with Crippen LogP contribution in [0, 0.1) is 11.3 Å². The van der Waals surface area contributed by atoms with Crippen LogP contribution in [0.15, 0.2) is 16.5 Å². The van der Waals surface area contributed by atoms with Crippen LogP contribution in [0.5, 0.6) is 0 Å². The van der Waals surface area contributed by atoms with Gasteiger partial charge in [0, 0.05) is 13.0 Å². The lowest BCUT2D eigenvalue weighted by atomic mass is 10.3. The van der Waals surface area contributed by atoms with Crippen LogP contribution in [0.25, 0.3) is 0 Å². The Balaban J connectivity index is 2.48. The van der Waals surface area contributed by atoms with E-state index >= 15 is 0 Å². The van der Waals surface area contributed by atoms with Gasteiger partial charge in [-0.05, 0) is 12.1 Å². The Morgan fingerprint density at radius 3 is 3.00 bits per heavy atom. The summed E-state index contributed by atoms with van der Waals surface area (Å²) in [5.74, 6) is 0.829. The van der Waals surface area contributed by atoms with Crippen LogP contribution in [-0.4, -0.2) is 12.5 Å². The number of nitrogens with zero attached hydrogens (tertiary/aromatic N) is 1. The summed E-state index contributed by atoms with van der Waals surface area (Å²) in [4.78, 5) is 11.3. The van der Waals surface area contributed by atoms with Crippen molar-refractivity contribution in [2.24, 2.45) is 0 Å². The van der Waals surface area contributed by atoms with E-state index in [9.17, 15) is 4.79 Å². The molecule has 0 fully saturated rings. The van der Waals surface area contributed by atoms with Gasteiger partial charge in [0.05, 0.1) is 12.5 Å². The molecule has 4 nitrogen and oxygen atoms in total. The second-order valence-corrected chi connectivity index (χ2v) is 2.78. The van der Waals surface area contributed by atoms with Gasteiger partial charge in [0.1, 0.15) is 5.76 Å². The first kappa shape index (κ1) is 10.3. The molecule has 1 amide bonds. The van der Waals surface area contributed by atoms with Crippen molar-refractivity contribution in [3.63, 3.8) is 0 Å². The normalized spacial score (nSPS) is 9.43. The van der Waals surface area contributed by atoms with E-state index in [1.54, 1.807) is 12.1 Å². The Morgan fingerprint density at radius 1 is 1.64 bits per heavy atom. The third-order valence-corrected chi connectivity index (χ3v) is 1.76. The first-order chi connectivity index (χ1) is 6.77. The highest BCUT2D eigenvalue weighted by Crippen LogP contribution is 2.07. The van der Waals surface area contributed by atoms with Crippen molar-refractivity contribution in [3.05, 3.63) is 23.7 Å². The van der Waals surface area contributed by atoms with Crippen molar-refractivity contribution in [1.82, 2.24) is 5.32 Å². The van der Waals surface area contributed by atoms with E-state index in [2.05, 4.69) is 5.32 Å². The molecule has 0 bridgehead atoms. The number of carbonyl (C=O) groups is 1. The lowest BCUT2D eigenvalue weighted by Gasteiger charge is -1.98. The summed E-state index contributed by atoms with van der Waals surface area (Å²) < 4.78 is 5.23. The van der Waals surface area contributed by atoms with Crippen molar-refractivity contribution in [3.8, 4) is 6.07 Å². The predicted molar refractivity (Wildman–Crippen MR) is 50.6 cm³/mol. The van der Waals surface area contributed by atoms with Crippen molar-refractivity contribution < 1.29 is 9.21 Å². The van der Waals surface area contributed by atoms with Crippen LogP contribution in [0.4, 0.5) is 0 Å². The van der Waals surface area contributed by atoms with Crippen LogP contribution < -0.4 is 5.32 Å². The predicted octanol–water partition coefficient (Wildman–Crippen LogP) is 1.49. The number of furan rings is 1. The SMILES string of the molecule is CCc1ccc(C(=O)NCCC#N)o1. The Hall–Kier alpha value is -1.76. The second kappa shape index (κ2) is 5.07. The maximum atomic E-state index is 11.3. The molecule has 0 spiro atoms. The molecule has 1 aromatic heterocycles. The third-order valence-electron chi connectivity index (χ3n) is 1.76. The van der Waals surface area contributed by atoms with Crippen molar-refractivity contribution >= 4 is 5.91 Å². The first-order valence-corrected chi connectivity index (χ1v) is 4.51. The molecule has 4 heteroatoms. The Kier molecular flexibility index (Phi) is 3.74. The summed E-state index contributed by atoms with van der Waals surface area (Å²) in [7, 11) is 0. The van der Waals surface area contributed by atoms with Gasteiger partial charge < -0.3 is 9.73 Å². The fourth-order valence-corrected chi connectivity index (χ4v) is 1.01. The molecule has 14 heavy (non-hydrogen) atoms. The summed E-state index contributed by atoms with van der Waals surface area (Å²) in [5, 5.41) is 10.8. The van der Waals surface area contributed by atoms with Crippen molar-refractivity contribution in [2.45, 2.75) is 19.8 Å². The fourth-order valence-electron chi connectivity index (χ4n) is 1.01. The number of hydrogen-bond donors (Lipinski definition) is 1. The van der Waals surface area contributed by atoms with Gasteiger partial charge in [-0.3, -0.25) is 4.79 Å². The molecule has 0 aliphatic heterocycles. The molecule has 0 saturated carbocycles. The molecule has 0 saturated heterocycles. The smallest absolute Gasteiger partial charge is 0.287 e. The highest BCUT2D eigenvalue weighted by Gasteiger charge is 2.08. The molecule has 1 heterocycles. The zero-order valence-electron chi connectivity index (χ0n) is 8.04. The van der Waals surface area contributed by atoms with Crippen molar-refractivity contribution in [2.75, 3.05) is 6.54 Å². The lowest BCUT2D eigenvalue weighted by molar-refractivity contribution is 0.0925. The summed E-state index contributed by atoms with van der Waals surface area (Å²) in [6.07, 6.45) is 1.08. The number of nitriles is 1. The van der Waals surface area contributed by atoms with Gasteiger partial charge in [0.25, 0.3) is 5.91 Å². The molecule has 0 atom stereocenters. The summed E-state index contributed by atoms with van der Waals surface area (Å²) in [6.45, 7) is 2.31. The van der Waals surface area contributed by atoms with E-state index in [1.165, 1.54) is 0 Å². The maximum absolute atomic E-state index is 11.3. The number of amides is 1. The fraction of sp³-hybridized carbons (Fsp3) is 0.400. The molecule has 0 aliphatic rings. The molecule has 1 rings (SSSR count). The topological polar surface area (TPSA) is 66.0 Å². The molecule has 0 radical (unpaired) electrons. The zero-order chi connectivity index (χ0) is 10.4. The molecular formula is C10H12N2O2. The van der Waals surface area contributed by atoms with Gasteiger partial charge in [-0.2, -0.15) is 5.26 Å². The van der Waals surface area contributed by atoms with Crippen LogP contribution in [0.3, 0.4) is 0 Å². The van der Waals surface area contributed by atoms with E-state index in [1.807, 2.05) is 13.0 Å². The van der Waals surface area contributed by atoms with Gasteiger partial charge in [0.15, 0.2) is 5.76 Å². The first-order valence-electron chi connectivity index (χ1n) is 4.51. The van der Waals surface area contributed by atoms with E-state index in [0.717, 1.165) is 12.2 Å². The monoisotopic (exact) mass is 192 g/mol. The van der Waals surface area contributed by atoms with E-state index in [0.29, 0.717) is 18.7 Å². The molecule has 74 valence electrons. The summed E-state index contributed by atoms with van der Waals surface area (Å²) in [5.41, 5.74) is 0. The molecular weight excluding hydrogens is 180 g/mol. The summed E-state index contributed by atoms with van der Waals surface area (Å²) >= 11 is 0. The number of hydrogen-bond acceptors (Lipinski definition) is 3. The third kappa shape index (κ3) is 2.63. The summed E-state index contributed by atoms with van der Waals surface area (Å²) in [6, 6.07) is 5.36. The number of rotatable bonds is 4. The van der Waals surface area contributed by atoms with Gasteiger partial charge in [-0.15, -0.1) is 0 Å².